The number of halogens is 1. The fraction of sp³-hybridized carbons (Fsp3) is 0.231. The normalized spacial score (nSPS) is 14.1. The Hall–Kier alpha value is -1.46. The molecule has 0 saturated heterocycles. The summed E-state index contributed by atoms with van der Waals surface area (Å²) in [7, 11) is 0. The van der Waals surface area contributed by atoms with Gasteiger partial charge in [-0.3, -0.25) is 0 Å². The fourth-order valence-corrected chi connectivity index (χ4v) is 2.22. The van der Waals surface area contributed by atoms with Crippen LogP contribution in [-0.4, -0.2) is 16.5 Å². The first-order chi connectivity index (χ1) is 8.81. The maximum Gasteiger partial charge on any atom is 0.227 e. The van der Waals surface area contributed by atoms with E-state index in [2.05, 4.69) is 36.5 Å². The standard InChI is InChI=1S/C13H13BrN4/c14-10-1-3-11(4-2-10)17-13-16-8-9-7-15-6-5-12(9)18-13/h1-4,8,15H,5-7H2,(H,16,17,18). The molecule has 0 aliphatic carbocycles. The van der Waals surface area contributed by atoms with E-state index in [0.717, 1.165) is 35.4 Å². The predicted molar refractivity (Wildman–Crippen MR) is 74.9 cm³/mol. The molecule has 0 amide bonds. The Morgan fingerprint density at radius 3 is 2.89 bits per heavy atom. The zero-order valence-corrected chi connectivity index (χ0v) is 11.4. The zero-order chi connectivity index (χ0) is 12.4. The summed E-state index contributed by atoms with van der Waals surface area (Å²) in [4.78, 5) is 8.89. The molecule has 0 saturated carbocycles. The number of anilines is 2. The summed E-state index contributed by atoms with van der Waals surface area (Å²) in [5.74, 6) is 0.665. The van der Waals surface area contributed by atoms with E-state index >= 15 is 0 Å². The maximum atomic E-state index is 4.56. The van der Waals surface area contributed by atoms with Crippen molar-refractivity contribution in [1.82, 2.24) is 15.3 Å². The molecular formula is C13H13BrN4. The highest BCUT2D eigenvalue weighted by Gasteiger charge is 2.11. The van der Waals surface area contributed by atoms with E-state index in [1.54, 1.807) is 0 Å². The predicted octanol–water partition coefficient (Wildman–Crippen LogP) is 2.63. The summed E-state index contributed by atoms with van der Waals surface area (Å²) in [6, 6.07) is 7.97. The third-order valence-electron chi connectivity index (χ3n) is 2.91. The van der Waals surface area contributed by atoms with Crippen LogP contribution in [0.2, 0.25) is 0 Å². The molecule has 2 N–H and O–H groups in total. The van der Waals surface area contributed by atoms with Gasteiger partial charge in [0.25, 0.3) is 0 Å². The maximum absolute atomic E-state index is 4.56. The Balaban J connectivity index is 1.82. The van der Waals surface area contributed by atoms with Gasteiger partial charge in [0.15, 0.2) is 0 Å². The molecule has 0 fully saturated rings. The molecular weight excluding hydrogens is 292 g/mol. The van der Waals surface area contributed by atoms with Gasteiger partial charge in [0.1, 0.15) is 0 Å². The Labute approximate surface area is 114 Å². The molecule has 1 aliphatic rings. The number of hydrogen-bond acceptors (Lipinski definition) is 4. The highest BCUT2D eigenvalue weighted by molar-refractivity contribution is 9.10. The largest absolute Gasteiger partial charge is 0.324 e. The molecule has 2 heterocycles. The quantitative estimate of drug-likeness (QED) is 0.895. The van der Waals surface area contributed by atoms with E-state index in [4.69, 9.17) is 0 Å². The zero-order valence-electron chi connectivity index (χ0n) is 9.78. The van der Waals surface area contributed by atoms with Crippen LogP contribution < -0.4 is 10.6 Å². The molecule has 3 rings (SSSR count). The lowest BCUT2D eigenvalue weighted by atomic mass is 10.1. The van der Waals surface area contributed by atoms with Crippen LogP contribution in [-0.2, 0) is 13.0 Å². The number of aromatic nitrogens is 2. The molecule has 18 heavy (non-hydrogen) atoms. The Kier molecular flexibility index (Phi) is 3.25. The minimum Gasteiger partial charge on any atom is -0.324 e. The number of rotatable bonds is 2. The van der Waals surface area contributed by atoms with E-state index in [1.165, 1.54) is 5.56 Å². The molecule has 0 radical (unpaired) electrons. The van der Waals surface area contributed by atoms with E-state index in [9.17, 15) is 0 Å². The van der Waals surface area contributed by atoms with Gasteiger partial charge in [0, 0.05) is 41.4 Å². The van der Waals surface area contributed by atoms with Crippen LogP contribution in [0.3, 0.4) is 0 Å². The van der Waals surface area contributed by atoms with Crippen LogP contribution in [0.1, 0.15) is 11.3 Å². The summed E-state index contributed by atoms with van der Waals surface area (Å²) in [5.41, 5.74) is 3.33. The summed E-state index contributed by atoms with van der Waals surface area (Å²) >= 11 is 3.41. The second-order valence-corrected chi connectivity index (χ2v) is 5.14. The summed E-state index contributed by atoms with van der Waals surface area (Å²) < 4.78 is 1.06. The Bertz CT molecular complexity index is 553. The second kappa shape index (κ2) is 5.04. The topological polar surface area (TPSA) is 49.8 Å². The number of nitrogens with one attached hydrogen (secondary N) is 2. The molecule has 4 nitrogen and oxygen atoms in total. The molecule has 0 unspecified atom stereocenters. The van der Waals surface area contributed by atoms with Crippen molar-refractivity contribution in [2.75, 3.05) is 11.9 Å². The van der Waals surface area contributed by atoms with Gasteiger partial charge < -0.3 is 10.6 Å². The average molecular weight is 305 g/mol. The lowest BCUT2D eigenvalue weighted by Crippen LogP contribution is -2.25. The van der Waals surface area contributed by atoms with Gasteiger partial charge in [-0.2, -0.15) is 0 Å². The van der Waals surface area contributed by atoms with Gasteiger partial charge in [-0.05, 0) is 24.3 Å². The number of nitrogens with zero attached hydrogens (tertiary/aromatic N) is 2. The smallest absolute Gasteiger partial charge is 0.227 e. The van der Waals surface area contributed by atoms with Crippen molar-refractivity contribution in [3.8, 4) is 0 Å². The molecule has 92 valence electrons. The molecule has 2 aromatic rings. The molecule has 0 bridgehead atoms. The SMILES string of the molecule is Brc1ccc(Nc2ncc3c(n2)CCNC3)cc1. The molecule has 1 aromatic carbocycles. The molecule has 1 aromatic heterocycles. The average Bonchev–Trinajstić information content (AvgIpc) is 2.41. The molecule has 0 atom stereocenters. The minimum absolute atomic E-state index is 0.665. The van der Waals surface area contributed by atoms with Crippen LogP contribution in [0.5, 0.6) is 0 Å². The lowest BCUT2D eigenvalue weighted by Gasteiger charge is -2.16. The van der Waals surface area contributed by atoms with E-state index in [0.29, 0.717) is 5.95 Å². The van der Waals surface area contributed by atoms with E-state index in [1.807, 2.05) is 30.5 Å². The van der Waals surface area contributed by atoms with Gasteiger partial charge in [-0.15, -0.1) is 0 Å². The van der Waals surface area contributed by atoms with Crippen molar-refractivity contribution < 1.29 is 0 Å². The van der Waals surface area contributed by atoms with Crippen LogP contribution in [0.4, 0.5) is 11.6 Å². The number of hydrogen-bond donors (Lipinski definition) is 2. The van der Waals surface area contributed by atoms with Gasteiger partial charge >= 0.3 is 0 Å². The van der Waals surface area contributed by atoms with Crippen molar-refractivity contribution in [2.24, 2.45) is 0 Å². The van der Waals surface area contributed by atoms with Gasteiger partial charge in [-0.25, -0.2) is 9.97 Å². The summed E-state index contributed by atoms with van der Waals surface area (Å²) in [6.45, 7) is 1.86. The van der Waals surface area contributed by atoms with Gasteiger partial charge in [0.05, 0.1) is 5.69 Å². The number of fused-ring (bicyclic) bond motifs is 1. The first-order valence-corrected chi connectivity index (χ1v) is 6.69. The third kappa shape index (κ3) is 2.52. The van der Waals surface area contributed by atoms with Crippen molar-refractivity contribution in [2.45, 2.75) is 13.0 Å². The Morgan fingerprint density at radius 2 is 2.06 bits per heavy atom. The highest BCUT2D eigenvalue weighted by Crippen LogP contribution is 2.18. The monoisotopic (exact) mass is 304 g/mol. The third-order valence-corrected chi connectivity index (χ3v) is 3.44. The minimum atomic E-state index is 0.665. The first kappa shape index (κ1) is 11.6. The summed E-state index contributed by atoms with van der Waals surface area (Å²) in [5, 5.41) is 6.53. The van der Waals surface area contributed by atoms with Crippen LogP contribution in [0.25, 0.3) is 0 Å². The van der Waals surface area contributed by atoms with E-state index in [-0.39, 0.29) is 0 Å². The van der Waals surface area contributed by atoms with E-state index < -0.39 is 0 Å². The van der Waals surface area contributed by atoms with Crippen LogP contribution in [0, 0.1) is 0 Å². The van der Waals surface area contributed by atoms with Crippen molar-refractivity contribution in [3.63, 3.8) is 0 Å². The number of benzene rings is 1. The molecule has 5 heteroatoms. The fourth-order valence-electron chi connectivity index (χ4n) is 1.96. The second-order valence-electron chi connectivity index (χ2n) is 4.22. The van der Waals surface area contributed by atoms with Crippen molar-refractivity contribution >= 4 is 27.6 Å². The van der Waals surface area contributed by atoms with Crippen molar-refractivity contribution in [1.29, 1.82) is 0 Å². The highest BCUT2D eigenvalue weighted by atomic mass is 79.9. The summed E-state index contributed by atoms with van der Waals surface area (Å²) in [6.07, 6.45) is 2.86. The van der Waals surface area contributed by atoms with Gasteiger partial charge in [-0.1, -0.05) is 15.9 Å². The Morgan fingerprint density at radius 1 is 1.22 bits per heavy atom. The van der Waals surface area contributed by atoms with Gasteiger partial charge in [0.2, 0.25) is 5.95 Å². The van der Waals surface area contributed by atoms with Crippen molar-refractivity contribution in [3.05, 3.63) is 46.2 Å². The lowest BCUT2D eigenvalue weighted by molar-refractivity contribution is 0.627. The van der Waals surface area contributed by atoms with Crippen LogP contribution >= 0.6 is 15.9 Å². The first-order valence-electron chi connectivity index (χ1n) is 5.89. The molecule has 0 spiro atoms. The molecule has 1 aliphatic heterocycles. The van der Waals surface area contributed by atoms with Crippen LogP contribution in [0.15, 0.2) is 34.9 Å².